The molecule has 2 atom stereocenters. The lowest BCUT2D eigenvalue weighted by Crippen LogP contribution is -2.47. The third-order valence-electron chi connectivity index (χ3n) is 8.71. The maximum Gasteiger partial charge on any atom is 0.416 e. The van der Waals surface area contributed by atoms with Crippen molar-refractivity contribution in [2.45, 2.75) is 59.5 Å². The average molecular weight is 713 g/mol. The molecule has 5 N–H and O–H groups in total. The normalized spacial score (nSPS) is 19.4. The topological polar surface area (TPSA) is 160 Å². The quantitative estimate of drug-likeness (QED) is 0.221. The van der Waals surface area contributed by atoms with Crippen molar-refractivity contribution >= 4 is 20.0 Å². The van der Waals surface area contributed by atoms with Gasteiger partial charge in [0.25, 0.3) is 0 Å². The number of rotatable bonds is 12. The van der Waals surface area contributed by atoms with Crippen LogP contribution in [0.1, 0.15) is 30.4 Å². The summed E-state index contributed by atoms with van der Waals surface area (Å²) in [6.45, 7) is 0.837. The highest BCUT2D eigenvalue weighted by Crippen LogP contribution is 2.39. The van der Waals surface area contributed by atoms with Crippen molar-refractivity contribution in [3.63, 3.8) is 0 Å². The molecule has 1 unspecified atom stereocenters. The number of sulfonamides is 2. The van der Waals surface area contributed by atoms with Gasteiger partial charge in [0.1, 0.15) is 18.5 Å². The molecule has 1 spiro atoms. The van der Waals surface area contributed by atoms with Gasteiger partial charge in [0.05, 0.1) is 27.6 Å². The number of nitrogens with two attached hydrogens (primary N) is 1. The first-order valence-corrected chi connectivity index (χ1v) is 18.3. The molecule has 2 heterocycles. The van der Waals surface area contributed by atoms with Crippen LogP contribution in [0, 0.1) is 0 Å². The van der Waals surface area contributed by atoms with Crippen LogP contribution in [0.2, 0.25) is 0 Å². The maximum atomic E-state index is 13.9. The molecule has 0 aliphatic carbocycles. The third-order valence-corrected chi connectivity index (χ3v) is 12.0. The van der Waals surface area contributed by atoms with Crippen molar-refractivity contribution in [3.05, 3.63) is 77.9 Å². The van der Waals surface area contributed by atoms with E-state index in [1.54, 1.807) is 30.3 Å². The van der Waals surface area contributed by atoms with Crippen LogP contribution in [0.15, 0.2) is 76.5 Å². The Morgan fingerprint density at radius 3 is 2.38 bits per heavy atom. The number of nitrogens with one attached hydrogen (secondary N) is 2. The number of hydrogen-bond donors (Lipinski definition) is 4. The predicted molar refractivity (Wildman–Crippen MR) is 172 cm³/mol. The summed E-state index contributed by atoms with van der Waals surface area (Å²) in [5.74, 6) is 0.290. The largest absolute Gasteiger partial charge is 0.491 e. The van der Waals surface area contributed by atoms with Crippen molar-refractivity contribution in [1.29, 1.82) is 0 Å². The second-order valence-electron chi connectivity index (χ2n) is 12.0. The molecule has 2 aliphatic heterocycles. The van der Waals surface area contributed by atoms with Gasteiger partial charge in [-0.05, 0) is 73.3 Å². The van der Waals surface area contributed by atoms with Gasteiger partial charge in [0, 0.05) is 38.3 Å². The Labute approximate surface area is 278 Å². The minimum atomic E-state index is -4.75. The van der Waals surface area contributed by atoms with Gasteiger partial charge in [-0.1, -0.05) is 30.3 Å². The highest BCUT2D eigenvalue weighted by molar-refractivity contribution is 7.89. The Kier molecular flexibility index (Phi) is 10.9. The molecular formula is C32H39F3N4O7S2. The van der Waals surface area contributed by atoms with E-state index in [4.69, 9.17) is 15.2 Å². The fraction of sp³-hybridized carbons (Fsp3) is 0.438. The molecule has 16 heteroatoms. The van der Waals surface area contributed by atoms with Crippen molar-refractivity contribution in [1.82, 2.24) is 14.3 Å². The Balaban J connectivity index is 1.17. The molecule has 3 aromatic carbocycles. The summed E-state index contributed by atoms with van der Waals surface area (Å²) in [6, 6.07) is 15.3. The zero-order valence-electron chi connectivity index (χ0n) is 26.2. The standard InChI is InChI=1S/C32H39F3N4O7S2/c1-37-47(41,42)29-4-2-3-28(16-29)45-21-27(40)19-38-26-17-31(46-20-26)9-11-39(12-10-31)48(43,44)30-14-24(13-25(15-30)32(33,34)35)23-7-5-22(18-36)6-8-23/h2-8,13-16,26-27,37-38,40H,9-12,17-21,36H2,1H3/t26?,27-/m0/s1. The van der Waals surface area contributed by atoms with Crippen LogP contribution in [-0.4, -0.2) is 83.9 Å². The number of ether oxygens (including phenoxy) is 2. The molecule has 0 radical (unpaired) electrons. The number of piperidine rings is 1. The number of halogens is 3. The summed E-state index contributed by atoms with van der Waals surface area (Å²) in [4.78, 5) is -0.388. The van der Waals surface area contributed by atoms with Gasteiger partial charge in [0.2, 0.25) is 20.0 Å². The molecule has 0 aromatic heterocycles. The molecule has 11 nitrogen and oxygen atoms in total. The number of alkyl halides is 3. The minimum Gasteiger partial charge on any atom is -0.491 e. The fourth-order valence-electron chi connectivity index (χ4n) is 5.92. The van der Waals surface area contributed by atoms with Crippen molar-refractivity contribution in [2.75, 3.05) is 39.9 Å². The van der Waals surface area contributed by atoms with Gasteiger partial charge in [-0.25, -0.2) is 21.6 Å². The van der Waals surface area contributed by atoms with Crippen molar-refractivity contribution in [3.8, 4) is 16.9 Å². The first-order valence-electron chi connectivity index (χ1n) is 15.4. The van der Waals surface area contributed by atoms with Crippen molar-refractivity contribution < 1.29 is 44.6 Å². The zero-order chi connectivity index (χ0) is 34.7. The summed E-state index contributed by atoms with van der Waals surface area (Å²) >= 11 is 0. The van der Waals surface area contributed by atoms with Gasteiger partial charge in [-0.3, -0.25) is 0 Å². The Morgan fingerprint density at radius 1 is 1.02 bits per heavy atom. The van der Waals surface area contributed by atoms with Crippen LogP contribution in [0.4, 0.5) is 13.2 Å². The lowest BCUT2D eigenvalue weighted by molar-refractivity contribution is -0.137. The zero-order valence-corrected chi connectivity index (χ0v) is 27.9. The summed E-state index contributed by atoms with van der Waals surface area (Å²) < 4.78 is 108. The Bertz CT molecular complexity index is 1800. The molecule has 2 fully saturated rings. The molecule has 0 saturated carbocycles. The van der Waals surface area contributed by atoms with Crippen LogP contribution in [0.25, 0.3) is 11.1 Å². The van der Waals surface area contributed by atoms with E-state index in [-0.39, 0.29) is 55.0 Å². The fourth-order valence-corrected chi connectivity index (χ4v) is 8.20. The van der Waals surface area contributed by atoms with Gasteiger partial charge in [0.15, 0.2) is 0 Å². The lowest BCUT2D eigenvalue weighted by atomic mass is 9.88. The van der Waals surface area contributed by atoms with Gasteiger partial charge in [-0.2, -0.15) is 17.5 Å². The van der Waals surface area contributed by atoms with Gasteiger partial charge >= 0.3 is 6.18 Å². The Morgan fingerprint density at radius 2 is 1.73 bits per heavy atom. The SMILES string of the molecule is CNS(=O)(=O)c1cccc(OC[C@@H](O)CNC2COC3(CCN(S(=O)(=O)c4cc(-c5ccc(CN)cc5)cc(C(F)(F)F)c4)CC3)C2)c1. The van der Waals surface area contributed by atoms with E-state index < -0.39 is 48.4 Å². The first kappa shape index (κ1) is 36.2. The molecular weight excluding hydrogens is 674 g/mol. The highest BCUT2D eigenvalue weighted by atomic mass is 32.2. The minimum absolute atomic E-state index is 0.0378. The van der Waals surface area contributed by atoms with Gasteiger partial charge in [-0.15, -0.1) is 0 Å². The molecule has 48 heavy (non-hydrogen) atoms. The average Bonchev–Trinajstić information content (AvgIpc) is 3.47. The van der Waals surface area contributed by atoms with Crippen LogP contribution in [0.3, 0.4) is 0 Å². The van der Waals surface area contributed by atoms with E-state index in [1.165, 1.54) is 35.6 Å². The summed E-state index contributed by atoms with van der Waals surface area (Å²) in [7, 11) is -6.59. The van der Waals surface area contributed by atoms with Gasteiger partial charge < -0.3 is 25.6 Å². The number of benzene rings is 3. The van der Waals surface area contributed by atoms with E-state index in [0.717, 1.165) is 11.6 Å². The van der Waals surface area contributed by atoms with Crippen LogP contribution >= 0.6 is 0 Å². The second-order valence-corrected chi connectivity index (χ2v) is 15.8. The monoisotopic (exact) mass is 712 g/mol. The number of hydrogen-bond acceptors (Lipinski definition) is 9. The highest BCUT2D eigenvalue weighted by Gasteiger charge is 2.45. The molecule has 2 aliphatic rings. The molecule has 5 rings (SSSR count). The number of nitrogens with zero attached hydrogens (tertiary/aromatic N) is 1. The van der Waals surface area contributed by atoms with Crippen LogP contribution in [-0.2, 0) is 37.5 Å². The summed E-state index contributed by atoms with van der Waals surface area (Å²) in [5.41, 5.74) is 5.35. The number of aliphatic hydroxyl groups excluding tert-OH is 1. The summed E-state index contributed by atoms with van der Waals surface area (Å²) in [6.07, 6.45) is -4.38. The van der Waals surface area contributed by atoms with Crippen LogP contribution < -0.4 is 20.5 Å². The van der Waals surface area contributed by atoms with E-state index in [0.29, 0.717) is 37.5 Å². The van der Waals surface area contributed by atoms with E-state index in [1.807, 2.05) is 0 Å². The Hall–Kier alpha value is -3.09. The van der Waals surface area contributed by atoms with Crippen molar-refractivity contribution in [2.24, 2.45) is 5.73 Å². The summed E-state index contributed by atoms with van der Waals surface area (Å²) in [5, 5.41) is 13.7. The van der Waals surface area contributed by atoms with Crippen LogP contribution in [0.5, 0.6) is 5.75 Å². The molecule has 2 saturated heterocycles. The van der Waals surface area contributed by atoms with E-state index >= 15 is 0 Å². The predicted octanol–water partition coefficient (Wildman–Crippen LogP) is 3.08. The molecule has 262 valence electrons. The maximum absolute atomic E-state index is 13.9. The first-order chi connectivity index (χ1) is 22.6. The van der Waals surface area contributed by atoms with E-state index in [2.05, 4.69) is 10.0 Å². The molecule has 0 amide bonds. The molecule has 3 aromatic rings. The molecule has 0 bridgehead atoms. The third kappa shape index (κ3) is 8.37. The lowest BCUT2D eigenvalue weighted by Gasteiger charge is -2.38. The smallest absolute Gasteiger partial charge is 0.416 e. The number of aliphatic hydroxyl groups is 1. The second kappa shape index (κ2) is 14.4. The van der Waals surface area contributed by atoms with E-state index in [9.17, 15) is 35.1 Å².